The summed E-state index contributed by atoms with van der Waals surface area (Å²) in [5.41, 5.74) is 7.77. The number of amides is 3. The first kappa shape index (κ1) is 30.8. The maximum Gasteiger partial charge on any atom is 0.326 e. The molecule has 0 bridgehead atoms. The Hall–Kier alpha value is -3.40. The number of aromatic amines is 1. The van der Waals surface area contributed by atoms with Crippen LogP contribution in [0.15, 0.2) is 30.5 Å². The van der Waals surface area contributed by atoms with Crippen LogP contribution in [-0.2, 0) is 25.6 Å². The van der Waals surface area contributed by atoms with Crippen LogP contribution in [0, 0.1) is 17.8 Å². The number of carbonyl (C=O) groups excluding carboxylic acids is 3. The van der Waals surface area contributed by atoms with Crippen molar-refractivity contribution in [1.82, 2.24) is 20.9 Å². The van der Waals surface area contributed by atoms with Crippen molar-refractivity contribution in [1.29, 1.82) is 0 Å². The first-order valence-electron chi connectivity index (χ1n) is 13.3. The molecule has 38 heavy (non-hydrogen) atoms. The lowest BCUT2D eigenvalue weighted by Crippen LogP contribution is -2.59. The van der Waals surface area contributed by atoms with Gasteiger partial charge in [-0.3, -0.25) is 14.4 Å². The highest BCUT2D eigenvalue weighted by Crippen LogP contribution is 2.20. The highest BCUT2D eigenvalue weighted by atomic mass is 16.4. The quantitative estimate of drug-likeness (QED) is 0.220. The lowest BCUT2D eigenvalue weighted by atomic mass is 9.96. The van der Waals surface area contributed by atoms with Gasteiger partial charge in [0.25, 0.3) is 0 Å². The van der Waals surface area contributed by atoms with E-state index in [1.54, 1.807) is 6.20 Å². The number of fused-ring (bicyclic) bond motifs is 1. The Bertz CT molecular complexity index is 1110. The first-order valence-corrected chi connectivity index (χ1v) is 13.3. The van der Waals surface area contributed by atoms with E-state index in [0.717, 1.165) is 16.5 Å². The number of nitrogens with two attached hydrogens (primary N) is 1. The molecule has 5 unspecified atom stereocenters. The normalized spacial score (nSPS) is 15.5. The topological polar surface area (TPSA) is 166 Å². The summed E-state index contributed by atoms with van der Waals surface area (Å²) in [6.45, 7) is 11.1. The molecule has 1 aromatic heterocycles. The third-order valence-corrected chi connectivity index (χ3v) is 6.87. The smallest absolute Gasteiger partial charge is 0.326 e. The third-order valence-electron chi connectivity index (χ3n) is 6.87. The molecule has 0 aliphatic rings. The number of carbonyl (C=O) groups is 4. The minimum atomic E-state index is -1.13. The van der Waals surface area contributed by atoms with Gasteiger partial charge in [0.1, 0.15) is 18.1 Å². The Balaban J connectivity index is 2.32. The number of benzene rings is 1. The number of aromatic nitrogens is 1. The summed E-state index contributed by atoms with van der Waals surface area (Å²) >= 11 is 0. The molecular weight excluding hydrogens is 486 g/mol. The minimum Gasteiger partial charge on any atom is -0.480 e. The van der Waals surface area contributed by atoms with Gasteiger partial charge in [0.05, 0.1) is 6.04 Å². The van der Waals surface area contributed by atoms with E-state index in [4.69, 9.17) is 5.73 Å². The maximum absolute atomic E-state index is 13.6. The standard InChI is InChI=1S/C28H43N5O5/c1-7-17(6)24(27(36)32-22(28(37)38)12-15(2)3)33-25(34)21(31-26(35)23(29)16(4)5)13-18-14-30-20-11-9-8-10-19(18)20/h8-11,14-17,21-24,30H,7,12-13,29H2,1-6H3,(H,31,35)(H,32,36)(H,33,34)(H,37,38). The summed E-state index contributed by atoms with van der Waals surface area (Å²) in [5.74, 6) is -3.09. The molecule has 5 atom stereocenters. The Labute approximate surface area is 224 Å². The number of nitrogens with one attached hydrogen (secondary N) is 4. The summed E-state index contributed by atoms with van der Waals surface area (Å²) in [6, 6.07) is 3.76. The summed E-state index contributed by atoms with van der Waals surface area (Å²) in [7, 11) is 0. The van der Waals surface area contributed by atoms with Crippen LogP contribution in [-0.4, -0.2) is 57.9 Å². The first-order chi connectivity index (χ1) is 17.8. The summed E-state index contributed by atoms with van der Waals surface area (Å²) in [5, 5.41) is 18.6. The summed E-state index contributed by atoms with van der Waals surface area (Å²) < 4.78 is 0. The molecule has 0 saturated heterocycles. The Morgan fingerprint density at radius 1 is 0.921 bits per heavy atom. The zero-order chi connectivity index (χ0) is 28.6. The van der Waals surface area contributed by atoms with Gasteiger partial charge in [-0.05, 0) is 35.8 Å². The van der Waals surface area contributed by atoms with Crippen LogP contribution in [0.5, 0.6) is 0 Å². The van der Waals surface area contributed by atoms with Crippen molar-refractivity contribution < 1.29 is 24.3 Å². The van der Waals surface area contributed by atoms with E-state index < -0.39 is 47.9 Å². The number of aliphatic carboxylic acids is 1. The van der Waals surface area contributed by atoms with Crippen molar-refractivity contribution in [2.75, 3.05) is 0 Å². The van der Waals surface area contributed by atoms with Crippen LogP contribution >= 0.6 is 0 Å². The predicted octanol–water partition coefficient (Wildman–Crippen LogP) is 2.32. The molecule has 1 heterocycles. The van der Waals surface area contributed by atoms with Gasteiger partial charge in [0, 0.05) is 23.5 Å². The van der Waals surface area contributed by atoms with Gasteiger partial charge in [0.2, 0.25) is 17.7 Å². The molecule has 0 radical (unpaired) electrons. The van der Waals surface area contributed by atoms with Crippen molar-refractivity contribution in [2.24, 2.45) is 23.5 Å². The lowest BCUT2D eigenvalue weighted by molar-refractivity contribution is -0.143. The van der Waals surface area contributed by atoms with E-state index in [1.165, 1.54) is 0 Å². The largest absolute Gasteiger partial charge is 0.480 e. The molecule has 2 aromatic rings. The fourth-order valence-electron chi connectivity index (χ4n) is 4.21. The van der Waals surface area contributed by atoms with Gasteiger partial charge in [-0.15, -0.1) is 0 Å². The summed E-state index contributed by atoms with van der Waals surface area (Å²) in [6.07, 6.45) is 2.79. The van der Waals surface area contributed by atoms with E-state index in [0.29, 0.717) is 6.42 Å². The molecule has 0 fully saturated rings. The van der Waals surface area contributed by atoms with Crippen molar-refractivity contribution in [3.63, 3.8) is 0 Å². The predicted molar refractivity (Wildman–Crippen MR) is 147 cm³/mol. The van der Waals surface area contributed by atoms with E-state index >= 15 is 0 Å². The van der Waals surface area contributed by atoms with Crippen LogP contribution in [0.4, 0.5) is 0 Å². The molecule has 0 saturated carbocycles. The van der Waals surface area contributed by atoms with Crippen LogP contribution in [0.25, 0.3) is 10.9 Å². The number of hydrogen-bond donors (Lipinski definition) is 6. The number of hydrogen-bond acceptors (Lipinski definition) is 5. The molecule has 10 nitrogen and oxygen atoms in total. The zero-order valence-corrected chi connectivity index (χ0v) is 23.2. The number of carboxylic acids is 1. The number of H-pyrrole nitrogens is 1. The van der Waals surface area contributed by atoms with Crippen molar-refractivity contribution in [3.05, 3.63) is 36.0 Å². The van der Waals surface area contributed by atoms with Crippen molar-refractivity contribution in [2.45, 2.75) is 85.0 Å². The van der Waals surface area contributed by atoms with Gasteiger partial charge in [-0.1, -0.05) is 66.2 Å². The fraction of sp³-hybridized carbons (Fsp3) is 0.571. The second-order valence-corrected chi connectivity index (χ2v) is 10.8. The molecule has 7 N–H and O–H groups in total. The van der Waals surface area contributed by atoms with Crippen LogP contribution < -0.4 is 21.7 Å². The van der Waals surface area contributed by atoms with Crippen LogP contribution in [0.3, 0.4) is 0 Å². The van der Waals surface area contributed by atoms with Crippen molar-refractivity contribution >= 4 is 34.6 Å². The fourth-order valence-corrected chi connectivity index (χ4v) is 4.21. The van der Waals surface area contributed by atoms with Gasteiger partial charge in [-0.2, -0.15) is 0 Å². The van der Waals surface area contributed by atoms with E-state index in [9.17, 15) is 24.3 Å². The van der Waals surface area contributed by atoms with Crippen molar-refractivity contribution in [3.8, 4) is 0 Å². The molecule has 3 amide bonds. The van der Waals surface area contributed by atoms with E-state index in [-0.39, 0.29) is 30.6 Å². The highest BCUT2D eigenvalue weighted by molar-refractivity contribution is 5.95. The highest BCUT2D eigenvalue weighted by Gasteiger charge is 2.33. The van der Waals surface area contributed by atoms with E-state index in [1.807, 2.05) is 65.8 Å². The van der Waals surface area contributed by atoms with Gasteiger partial charge in [0.15, 0.2) is 0 Å². The SMILES string of the molecule is CCC(C)C(NC(=O)C(Cc1c[nH]c2ccccc12)NC(=O)C(N)C(C)C)C(=O)NC(CC(C)C)C(=O)O. The molecule has 1 aromatic carbocycles. The second kappa shape index (κ2) is 13.9. The van der Waals surface area contributed by atoms with Crippen LogP contribution in [0.2, 0.25) is 0 Å². The van der Waals surface area contributed by atoms with Gasteiger partial charge in [-0.25, -0.2) is 4.79 Å². The molecule has 10 heteroatoms. The van der Waals surface area contributed by atoms with Crippen LogP contribution in [0.1, 0.15) is 59.9 Å². The Morgan fingerprint density at radius 2 is 1.55 bits per heavy atom. The number of carboxylic acid groups (broad SMARTS) is 1. The minimum absolute atomic E-state index is 0.0500. The van der Waals surface area contributed by atoms with E-state index in [2.05, 4.69) is 20.9 Å². The average Bonchev–Trinajstić information content (AvgIpc) is 3.27. The monoisotopic (exact) mass is 529 g/mol. The molecular formula is C28H43N5O5. The Kier molecular flexibility index (Phi) is 11.3. The van der Waals surface area contributed by atoms with Gasteiger partial charge >= 0.3 is 5.97 Å². The number of rotatable bonds is 14. The molecule has 2 rings (SSSR count). The molecule has 210 valence electrons. The maximum atomic E-state index is 13.6. The zero-order valence-electron chi connectivity index (χ0n) is 23.2. The lowest BCUT2D eigenvalue weighted by Gasteiger charge is -2.28. The van der Waals surface area contributed by atoms with Gasteiger partial charge < -0.3 is 31.8 Å². The Morgan fingerprint density at radius 3 is 2.13 bits per heavy atom. The third kappa shape index (κ3) is 8.31. The number of para-hydroxylation sites is 1. The summed E-state index contributed by atoms with van der Waals surface area (Å²) in [4.78, 5) is 54.6. The average molecular weight is 530 g/mol. The second-order valence-electron chi connectivity index (χ2n) is 10.8. The molecule has 0 spiro atoms. The molecule has 0 aliphatic heterocycles. The molecule has 0 aliphatic carbocycles.